The maximum atomic E-state index is 13.4. The van der Waals surface area contributed by atoms with Crippen LogP contribution in [0.4, 0.5) is 8.78 Å². The van der Waals surface area contributed by atoms with Gasteiger partial charge in [-0.1, -0.05) is 26.8 Å². The highest BCUT2D eigenvalue weighted by atomic mass is 19.1. The van der Waals surface area contributed by atoms with E-state index in [9.17, 15) is 8.78 Å². The van der Waals surface area contributed by atoms with Crippen LogP contribution >= 0.6 is 0 Å². The lowest BCUT2D eigenvalue weighted by Crippen LogP contribution is -2.29. The van der Waals surface area contributed by atoms with Crippen LogP contribution in [-0.4, -0.2) is 13.1 Å². The lowest BCUT2D eigenvalue weighted by Gasteiger charge is -2.24. The molecule has 0 radical (unpaired) electrons. The summed E-state index contributed by atoms with van der Waals surface area (Å²) in [4.78, 5) is 0. The summed E-state index contributed by atoms with van der Waals surface area (Å²) in [5.41, 5.74) is 0.715. The minimum absolute atomic E-state index is 0.122. The molecule has 1 aromatic rings. The van der Waals surface area contributed by atoms with Crippen molar-refractivity contribution in [3.63, 3.8) is 0 Å². The normalized spacial score (nSPS) is 11.8. The summed E-state index contributed by atoms with van der Waals surface area (Å²) >= 11 is 0. The third-order valence-corrected chi connectivity index (χ3v) is 2.94. The second-order valence-electron chi connectivity index (χ2n) is 5.18. The van der Waals surface area contributed by atoms with E-state index in [1.807, 2.05) is 0 Å². The van der Waals surface area contributed by atoms with Gasteiger partial charge in [0.2, 0.25) is 0 Å². The van der Waals surface area contributed by atoms with E-state index >= 15 is 0 Å². The maximum Gasteiger partial charge on any atom is 0.129 e. The van der Waals surface area contributed by atoms with Crippen LogP contribution in [0.1, 0.15) is 32.8 Å². The molecule has 0 amide bonds. The van der Waals surface area contributed by atoms with Crippen molar-refractivity contribution >= 4 is 0 Å². The second-order valence-corrected chi connectivity index (χ2v) is 5.18. The highest BCUT2D eigenvalue weighted by molar-refractivity contribution is 5.18. The van der Waals surface area contributed by atoms with E-state index in [4.69, 9.17) is 0 Å². The largest absolute Gasteiger partial charge is 0.316 e. The Kier molecular flexibility index (Phi) is 5.06. The quantitative estimate of drug-likeness (QED) is 0.803. The zero-order valence-electron chi connectivity index (χ0n) is 10.8. The third kappa shape index (κ3) is 4.82. The van der Waals surface area contributed by atoms with E-state index in [1.54, 1.807) is 0 Å². The molecule has 0 aliphatic carbocycles. The molecule has 0 bridgehead atoms. The lowest BCUT2D eigenvalue weighted by molar-refractivity contribution is 0.316. The second kappa shape index (κ2) is 6.10. The Labute approximate surface area is 102 Å². The Morgan fingerprint density at radius 2 is 1.94 bits per heavy atom. The van der Waals surface area contributed by atoms with Gasteiger partial charge < -0.3 is 5.32 Å². The van der Waals surface area contributed by atoms with Crippen LogP contribution in [0.15, 0.2) is 18.2 Å². The van der Waals surface area contributed by atoms with Gasteiger partial charge in [0.15, 0.2) is 0 Å². The molecule has 0 saturated carbocycles. The average Bonchev–Trinajstić information content (AvgIpc) is 2.25. The Balaban J connectivity index is 2.54. The van der Waals surface area contributed by atoms with E-state index in [0.717, 1.165) is 25.6 Å². The molecule has 1 nitrogen and oxygen atoms in total. The smallest absolute Gasteiger partial charge is 0.129 e. The first-order valence-electron chi connectivity index (χ1n) is 6.09. The van der Waals surface area contributed by atoms with Crippen LogP contribution in [0.2, 0.25) is 0 Å². The molecule has 0 unspecified atom stereocenters. The van der Waals surface area contributed by atoms with Gasteiger partial charge in [-0.05, 0) is 36.4 Å². The average molecular weight is 241 g/mol. The minimum Gasteiger partial charge on any atom is -0.316 e. The van der Waals surface area contributed by atoms with Crippen LogP contribution in [0, 0.1) is 17.0 Å². The van der Waals surface area contributed by atoms with Crippen LogP contribution < -0.4 is 5.32 Å². The molecule has 1 rings (SSSR count). The molecule has 0 saturated heterocycles. The number of rotatable bonds is 6. The standard InChI is InChI=1S/C14H21F2N/c1-4-17-10-14(2,3)8-7-11-5-6-12(15)9-13(11)16/h5-6,9,17H,4,7-8,10H2,1-3H3. The highest BCUT2D eigenvalue weighted by Gasteiger charge is 2.17. The fourth-order valence-corrected chi connectivity index (χ4v) is 1.75. The number of nitrogens with one attached hydrogen (secondary N) is 1. The van der Waals surface area contributed by atoms with E-state index in [2.05, 4.69) is 26.1 Å². The van der Waals surface area contributed by atoms with Gasteiger partial charge in [-0.25, -0.2) is 8.78 Å². The summed E-state index contributed by atoms with van der Waals surface area (Å²) in [6.45, 7) is 8.21. The molecule has 96 valence electrons. The van der Waals surface area contributed by atoms with Gasteiger partial charge in [-0.2, -0.15) is 0 Å². The monoisotopic (exact) mass is 241 g/mol. The van der Waals surface area contributed by atoms with Crippen molar-refractivity contribution < 1.29 is 8.78 Å². The SMILES string of the molecule is CCNCC(C)(C)CCc1ccc(F)cc1F. The fraction of sp³-hybridized carbons (Fsp3) is 0.571. The number of hydrogen-bond acceptors (Lipinski definition) is 1. The molecular weight excluding hydrogens is 220 g/mol. The van der Waals surface area contributed by atoms with E-state index in [0.29, 0.717) is 12.0 Å². The Bertz CT molecular complexity index is 361. The van der Waals surface area contributed by atoms with Gasteiger partial charge in [-0.3, -0.25) is 0 Å². The molecule has 1 aromatic carbocycles. The molecular formula is C14H21F2N. The Hall–Kier alpha value is -0.960. The van der Waals surface area contributed by atoms with Crippen LogP contribution in [0.3, 0.4) is 0 Å². The van der Waals surface area contributed by atoms with Crippen molar-refractivity contribution in [1.29, 1.82) is 0 Å². The summed E-state index contributed by atoms with van der Waals surface area (Å²) in [6, 6.07) is 3.80. The molecule has 0 heterocycles. The molecule has 3 heteroatoms. The number of halogens is 2. The van der Waals surface area contributed by atoms with Crippen molar-refractivity contribution in [3.05, 3.63) is 35.4 Å². The zero-order chi connectivity index (χ0) is 12.9. The van der Waals surface area contributed by atoms with E-state index < -0.39 is 11.6 Å². The molecule has 0 aliphatic heterocycles. The molecule has 0 aliphatic rings. The topological polar surface area (TPSA) is 12.0 Å². The summed E-state index contributed by atoms with van der Waals surface area (Å²) in [5, 5.41) is 3.29. The van der Waals surface area contributed by atoms with E-state index in [1.165, 1.54) is 12.1 Å². The zero-order valence-corrected chi connectivity index (χ0v) is 10.8. The summed E-state index contributed by atoms with van der Waals surface area (Å²) < 4.78 is 26.2. The van der Waals surface area contributed by atoms with Crippen molar-refractivity contribution in [2.24, 2.45) is 5.41 Å². The Morgan fingerprint density at radius 3 is 2.53 bits per heavy atom. The Morgan fingerprint density at radius 1 is 1.24 bits per heavy atom. The minimum atomic E-state index is -0.516. The summed E-state index contributed by atoms with van der Waals surface area (Å²) in [5.74, 6) is -0.956. The molecule has 0 atom stereocenters. The van der Waals surface area contributed by atoms with Gasteiger partial charge in [0.1, 0.15) is 11.6 Å². The van der Waals surface area contributed by atoms with Crippen molar-refractivity contribution in [2.75, 3.05) is 13.1 Å². The first-order valence-corrected chi connectivity index (χ1v) is 6.09. The summed E-state index contributed by atoms with van der Waals surface area (Å²) in [7, 11) is 0. The first-order chi connectivity index (χ1) is 7.94. The highest BCUT2D eigenvalue weighted by Crippen LogP contribution is 2.23. The van der Waals surface area contributed by atoms with E-state index in [-0.39, 0.29) is 5.41 Å². The predicted molar refractivity (Wildman–Crippen MR) is 67.0 cm³/mol. The van der Waals surface area contributed by atoms with Gasteiger partial charge in [-0.15, -0.1) is 0 Å². The number of hydrogen-bond donors (Lipinski definition) is 1. The predicted octanol–water partition coefficient (Wildman–Crippen LogP) is 3.53. The third-order valence-electron chi connectivity index (χ3n) is 2.94. The lowest BCUT2D eigenvalue weighted by atomic mass is 9.86. The van der Waals surface area contributed by atoms with Crippen LogP contribution in [0.25, 0.3) is 0 Å². The van der Waals surface area contributed by atoms with Crippen molar-refractivity contribution in [1.82, 2.24) is 5.32 Å². The molecule has 1 N–H and O–H groups in total. The van der Waals surface area contributed by atoms with Gasteiger partial charge in [0.05, 0.1) is 0 Å². The van der Waals surface area contributed by atoms with Crippen molar-refractivity contribution in [2.45, 2.75) is 33.6 Å². The molecule has 0 aromatic heterocycles. The number of benzene rings is 1. The summed E-state index contributed by atoms with van der Waals surface area (Å²) in [6.07, 6.45) is 1.52. The number of aryl methyl sites for hydroxylation is 1. The fourth-order valence-electron chi connectivity index (χ4n) is 1.75. The van der Waals surface area contributed by atoms with Crippen LogP contribution in [0.5, 0.6) is 0 Å². The van der Waals surface area contributed by atoms with Gasteiger partial charge in [0.25, 0.3) is 0 Å². The van der Waals surface area contributed by atoms with Crippen LogP contribution in [-0.2, 0) is 6.42 Å². The maximum absolute atomic E-state index is 13.4. The van der Waals surface area contributed by atoms with Gasteiger partial charge in [0, 0.05) is 12.6 Å². The molecule has 0 spiro atoms. The molecule has 0 fully saturated rings. The van der Waals surface area contributed by atoms with Gasteiger partial charge >= 0.3 is 0 Å². The first kappa shape index (κ1) is 14.1. The molecule has 17 heavy (non-hydrogen) atoms. The van der Waals surface area contributed by atoms with Crippen molar-refractivity contribution in [3.8, 4) is 0 Å².